The zero-order chi connectivity index (χ0) is 6.85. The maximum Gasteiger partial charge on any atom is 0.0949 e. The molecular formula is C6H11N3. The van der Waals surface area contributed by atoms with E-state index in [4.69, 9.17) is 5.73 Å². The number of imidazole rings is 1. The van der Waals surface area contributed by atoms with Crippen molar-refractivity contribution in [2.75, 3.05) is 0 Å². The summed E-state index contributed by atoms with van der Waals surface area (Å²) in [5.41, 5.74) is 7.52. The van der Waals surface area contributed by atoms with Crippen LogP contribution in [0.3, 0.4) is 0 Å². The Morgan fingerprint density at radius 2 is 2.44 bits per heavy atom. The average molecular weight is 125 g/mol. The van der Waals surface area contributed by atoms with Crippen LogP contribution in [0, 0.1) is 6.92 Å². The number of aryl methyl sites for hydroxylation is 1. The Kier molecular flexibility index (Phi) is 1.53. The fourth-order valence-corrected chi connectivity index (χ4v) is 0.740. The van der Waals surface area contributed by atoms with E-state index in [2.05, 4.69) is 4.98 Å². The predicted octanol–water partition coefficient (Wildman–Crippen LogP) is 0.187. The predicted molar refractivity (Wildman–Crippen MR) is 35.8 cm³/mol. The van der Waals surface area contributed by atoms with Crippen molar-refractivity contribution in [3.63, 3.8) is 0 Å². The van der Waals surface area contributed by atoms with Gasteiger partial charge in [-0.3, -0.25) is 0 Å². The summed E-state index contributed by atoms with van der Waals surface area (Å²) in [5.74, 6) is 0. The van der Waals surface area contributed by atoms with E-state index in [0.717, 1.165) is 11.4 Å². The minimum absolute atomic E-state index is 0.534. The van der Waals surface area contributed by atoms with Crippen molar-refractivity contribution in [1.29, 1.82) is 0 Å². The second-order valence-electron chi connectivity index (χ2n) is 2.09. The first-order valence-corrected chi connectivity index (χ1v) is 2.92. The van der Waals surface area contributed by atoms with Gasteiger partial charge in [0.1, 0.15) is 0 Å². The van der Waals surface area contributed by atoms with Crippen molar-refractivity contribution in [2.24, 2.45) is 12.8 Å². The lowest BCUT2D eigenvalue weighted by atomic mass is 10.3. The summed E-state index contributed by atoms with van der Waals surface area (Å²) >= 11 is 0. The summed E-state index contributed by atoms with van der Waals surface area (Å²) < 4.78 is 1.96. The van der Waals surface area contributed by atoms with E-state index < -0.39 is 0 Å². The molecule has 0 aliphatic rings. The lowest BCUT2D eigenvalue weighted by Crippen LogP contribution is -1.99. The summed E-state index contributed by atoms with van der Waals surface area (Å²) in [4.78, 5) is 4.07. The smallest absolute Gasteiger partial charge is 0.0949 e. The Morgan fingerprint density at radius 1 is 1.78 bits per heavy atom. The Morgan fingerprint density at radius 3 is 2.67 bits per heavy atom. The largest absolute Gasteiger partial charge is 0.338 e. The zero-order valence-corrected chi connectivity index (χ0v) is 5.76. The first kappa shape index (κ1) is 6.29. The van der Waals surface area contributed by atoms with Crippen molar-refractivity contribution in [2.45, 2.75) is 13.5 Å². The van der Waals surface area contributed by atoms with Crippen LogP contribution in [0.4, 0.5) is 0 Å². The van der Waals surface area contributed by atoms with Gasteiger partial charge in [0.05, 0.1) is 12.0 Å². The quantitative estimate of drug-likeness (QED) is 0.582. The SMILES string of the molecule is Cc1c(CN)ncn1C. The van der Waals surface area contributed by atoms with E-state index in [-0.39, 0.29) is 0 Å². The normalized spacial score (nSPS) is 10.1. The highest BCUT2D eigenvalue weighted by atomic mass is 15.0. The molecule has 0 fully saturated rings. The van der Waals surface area contributed by atoms with Crippen LogP contribution in [0.5, 0.6) is 0 Å². The molecular weight excluding hydrogens is 114 g/mol. The summed E-state index contributed by atoms with van der Waals surface area (Å²) in [6.07, 6.45) is 1.78. The molecule has 3 heteroatoms. The van der Waals surface area contributed by atoms with Gasteiger partial charge in [-0.25, -0.2) is 4.98 Å². The van der Waals surface area contributed by atoms with Gasteiger partial charge in [0.15, 0.2) is 0 Å². The third-order valence-electron chi connectivity index (χ3n) is 1.53. The molecule has 0 saturated carbocycles. The summed E-state index contributed by atoms with van der Waals surface area (Å²) in [5, 5.41) is 0. The Bertz CT molecular complexity index is 202. The molecule has 0 atom stereocenters. The molecule has 3 nitrogen and oxygen atoms in total. The van der Waals surface area contributed by atoms with Crippen molar-refractivity contribution in [1.82, 2.24) is 9.55 Å². The maximum absolute atomic E-state index is 5.39. The molecule has 0 radical (unpaired) electrons. The van der Waals surface area contributed by atoms with Gasteiger partial charge in [-0.1, -0.05) is 0 Å². The van der Waals surface area contributed by atoms with Crippen molar-refractivity contribution >= 4 is 0 Å². The number of nitrogens with zero attached hydrogens (tertiary/aromatic N) is 2. The van der Waals surface area contributed by atoms with Crippen LogP contribution in [-0.2, 0) is 13.6 Å². The molecule has 1 rings (SSSR count). The van der Waals surface area contributed by atoms with E-state index >= 15 is 0 Å². The fourth-order valence-electron chi connectivity index (χ4n) is 0.740. The maximum atomic E-state index is 5.39. The van der Waals surface area contributed by atoms with Crippen LogP contribution in [0.1, 0.15) is 11.4 Å². The molecule has 0 spiro atoms. The van der Waals surface area contributed by atoms with Gasteiger partial charge in [-0.2, -0.15) is 0 Å². The summed E-state index contributed by atoms with van der Waals surface area (Å²) in [6.45, 7) is 2.54. The number of aromatic nitrogens is 2. The lowest BCUT2D eigenvalue weighted by Gasteiger charge is -1.93. The minimum Gasteiger partial charge on any atom is -0.338 e. The third-order valence-corrected chi connectivity index (χ3v) is 1.53. The van der Waals surface area contributed by atoms with Gasteiger partial charge in [0.25, 0.3) is 0 Å². The molecule has 0 saturated heterocycles. The van der Waals surface area contributed by atoms with Gasteiger partial charge < -0.3 is 10.3 Å². The second kappa shape index (κ2) is 2.19. The molecule has 0 bridgehead atoms. The second-order valence-corrected chi connectivity index (χ2v) is 2.09. The number of rotatable bonds is 1. The van der Waals surface area contributed by atoms with E-state index in [1.807, 2.05) is 18.5 Å². The summed E-state index contributed by atoms with van der Waals surface area (Å²) in [6, 6.07) is 0. The van der Waals surface area contributed by atoms with Gasteiger partial charge in [0, 0.05) is 19.3 Å². The molecule has 1 heterocycles. The Balaban J connectivity index is 3.04. The molecule has 0 unspecified atom stereocenters. The number of nitrogens with two attached hydrogens (primary N) is 1. The zero-order valence-electron chi connectivity index (χ0n) is 5.76. The molecule has 0 aliphatic heterocycles. The monoisotopic (exact) mass is 125 g/mol. The van der Waals surface area contributed by atoms with Gasteiger partial charge in [-0.15, -0.1) is 0 Å². The van der Waals surface area contributed by atoms with E-state index in [0.29, 0.717) is 6.54 Å². The van der Waals surface area contributed by atoms with Crippen LogP contribution in [0.25, 0.3) is 0 Å². The topological polar surface area (TPSA) is 43.8 Å². The van der Waals surface area contributed by atoms with Crippen LogP contribution in [0.2, 0.25) is 0 Å². The molecule has 2 N–H and O–H groups in total. The molecule has 0 amide bonds. The van der Waals surface area contributed by atoms with Crippen LogP contribution < -0.4 is 5.73 Å². The highest BCUT2D eigenvalue weighted by Gasteiger charge is 1.98. The molecule has 0 aromatic carbocycles. The van der Waals surface area contributed by atoms with Crippen LogP contribution in [0.15, 0.2) is 6.33 Å². The first-order valence-electron chi connectivity index (χ1n) is 2.92. The minimum atomic E-state index is 0.534. The van der Waals surface area contributed by atoms with Crippen LogP contribution in [-0.4, -0.2) is 9.55 Å². The molecule has 0 aliphatic carbocycles. The van der Waals surface area contributed by atoms with E-state index in [1.54, 1.807) is 6.33 Å². The van der Waals surface area contributed by atoms with Crippen molar-refractivity contribution in [3.05, 3.63) is 17.7 Å². The summed E-state index contributed by atoms with van der Waals surface area (Å²) in [7, 11) is 1.96. The van der Waals surface area contributed by atoms with Crippen LogP contribution >= 0.6 is 0 Å². The molecule has 9 heavy (non-hydrogen) atoms. The van der Waals surface area contributed by atoms with Crippen molar-refractivity contribution in [3.8, 4) is 0 Å². The fraction of sp³-hybridized carbons (Fsp3) is 0.500. The third kappa shape index (κ3) is 0.954. The Hall–Kier alpha value is -0.830. The first-order chi connectivity index (χ1) is 4.25. The number of hydrogen-bond acceptors (Lipinski definition) is 2. The molecule has 50 valence electrons. The lowest BCUT2D eigenvalue weighted by molar-refractivity contribution is 0.865. The highest BCUT2D eigenvalue weighted by molar-refractivity contribution is 5.09. The number of hydrogen-bond donors (Lipinski definition) is 1. The molecule has 1 aromatic rings. The van der Waals surface area contributed by atoms with Gasteiger partial charge >= 0.3 is 0 Å². The van der Waals surface area contributed by atoms with Gasteiger partial charge in [-0.05, 0) is 6.92 Å². The molecule has 1 aromatic heterocycles. The highest BCUT2D eigenvalue weighted by Crippen LogP contribution is 2.01. The van der Waals surface area contributed by atoms with E-state index in [9.17, 15) is 0 Å². The van der Waals surface area contributed by atoms with Crippen molar-refractivity contribution < 1.29 is 0 Å². The average Bonchev–Trinajstić information content (AvgIpc) is 2.15. The Labute approximate surface area is 54.5 Å². The van der Waals surface area contributed by atoms with Gasteiger partial charge in [0.2, 0.25) is 0 Å². The standard InChI is InChI=1S/C6H11N3/c1-5-6(3-7)8-4-9(5)2/h4H,3,7H2,1-2H3. The van der Waals surface area contributed by atoms with E-state index in [1.165, 1.54) is 0 Å².